The summed E-state index contributed by atoms with van der Waals surface area (Å²) < 4.78 is -1.80. The maximum absolute atomic E-state index is 12.0. The molecule has 0 fully saturated rings. The molecule has 0 saturated heterocycles. The lowest BCUT2D eigenvalue weighted by Crippen LogP contribution is -2.41. The highest BCUT2D eigenvalue weighted by Gasteiger charge is 2.34. The first-order valence-electron chi connectivity index (χ1n) is 5.00. The SMILES string of the molecule is O=CN[C@H](CC(=O)c1ccc(Cl)cc1Cl)C(Cl)(Cl)Cl. The van der Waals surface area contributed by atoms with Gasteiger partial charge in [-0.3, -0.25) is 9.59 Å². The molecular weight excluding hydrogens is 355 g/mol. The number of carbonyl (C=O) groups excluding carboxylic acids is 2. The number of ketones is 1. The number of hydrogen-bond donors (Lipinski definition) is 1. The molecule has 104 valence electrons. The van der Waals surface area contributed by atoms with Gasteiger partial charge < -0.3 is 5.32 Å². The first kappa shape index (κ1) is 16.9. The number of nitrogens with one attached hydrogen (secondary N) is 1. The molecule has 8 heteroatoms. The normalized spacial score (nSPS) is 12.9. The second-order valence-electron chi connectivity index (χ2n) is 3.63. The molecule has 1 aromatic rings. The lowest BCUT2D eigenvalue weighted by Gasteiger charge is -2.23. The van der Waals surface area contributed by atoms with Gasteiger partial charge in [-0.25, -0.2) is 0 Å². The Morgan fingerprint density at radius 3 is 2.42 bits per heavy atom. The van der Waals surface area contributed by atoms with Crippen LogP contribution in [0.5, 0.6) is 0 Å². The van der Waals surface area contributed by atoms with Crippen LogP contribution in [0.3, 0.4) is 0 Å². The summed E-state index contributed by atoms with van der Waals surface area (Å²) in [4.78, 5) is 22.5. The first-order chi connectivity index (χ1) is 8.75. The van der Waals surface area contributed by atoms with E-state index in [1.807, 2.05) is 0 Å². The smallest absolute Gasteiger partial charge is 0.210 e. The summed E-state index contributed by atoms with van der Waals surface area (Å²) in [6, 6.07) is 3.49. The summed E-state index contributed by atoms with van der Waals surface area (Å²) in [5, 5.41) is 2.90. The van der Waals surface area contributed by atoms with Crippen molar-refractivity contribution in [2.24, 2.45) is 0 Å². The summed E-state index contributed by atoms with van der Waals surface area (Å²) in [6.07, 6.45) is 0.167. The minimum absolute atomic E-state index is 0.198. The van der Waals surface area contributed by atoms with Crippen molar-refractivity contribution in [1.29, 1.82) is 0 Å². The molecule has 1 rings (SSSR count). The lowest BCUT2D eigenvalue weighted by molar-refractivity contribution is -0.110. The van der Waals surface area contributed by atoms with Gasteiger partial charge in [0.2, 0.25) is 10.2 Å². The minimum atomic E-state index is -1.80. The topological polar surface area (TPSA) is 46.2 Å². The second-order valence-corrected chi connectivity index (χ2v) is 6.84. The van der Waals surface area contributed by atoms with E-state index < -0.39 is 9.83 Å². The largest absolute Gasteiger partial charge is 0.351 e. The van der Waals surface area contributed by atoms with Crippen LogP contribution in [-0.4, -0.2) is 22.0 Å². The van der Waals surface area contributed by atoms with Crippen LogP contribution in [0.2, 0.25) is 10.0 Å². The zero-order chi connectivity index (χ0) is 14.6. The molecule has 1 amide bonds. The average Bonchev–Trinajstić information content (AvgIpc) is 2.26. The molecule has 0 aliphatic carbocycles. The van der Waals surface area contributed by atoms with Crippen LogP contribution < -0.4 is 5.32 Å². The zero-order valence-electron chi connectivity index (χ0n) is 9.30. The third kappa shape index (κ3) is 5.01. The van der Waals surface area contributed by atoms with Crippen molar-refractivity contribution in [3.05, 3.63) is 33.8 Å². The lowest BCUT2D eigenvalue weighted by atomic mass is 10.0. The number of benzene rings is 1. The molecule has 1 atom stereocenters. The Hall–Kier alpha value is -0.190. The second kappa shape index (κ2) is 7.00. The van der Waals surface area contributed by atoms with Crippen LogP contribution in [-0.2, 0) is 4.79 Å². The molecule has 0 radical (unpaired) electrons. The van der Waals surface area contributed by atoms with Gasteiger partial charge in [-0.1, -0.05) is 58.0 Å². The Balaban J connectivity index is 2.91. The first-order valence-corrected chi connectivity index (χ1v) is 6.89. The third-order valence-corrected chi connectivity index (χ3v) is 3.62. The fourth-order valence-electron chi connectivity index (χ4n) is 1.36. The van der Waals surface area contributed by atoms with Gasteiger partial charge in [0.05, 0.1) is 11.1 Å². The Bertz CT molecular complexity index is 486. The quantitative estimate of drug-likeness (QED) is 0.487. The van der Waals surface area contributed by atoms with E-state index in [0.29, 0.717) is 11.4 Å². The van der Waals surface area contributed by atoms with E-state index in [-0.39, 0.29) is 22.8 Å². The van der Waals surface area contributed by atoms with E-state index in [9.17, 15) is 9.59 Å². The van der Waals surface area contributed by atoms with Crippen LogP contribution in [0.4, 0.5) is 0 Å². The van der Waals surface area contributed by atoms with Crippen molar-refractivity contribution in [2.45, 2.75) is 16.3 Å². The molecule has 1 N–H and O–H groups in total. The monoisotopic (exact) mass is 361 g/mol. The van der Waals surface area contributed by atoms with Crippen molar-refractivity contribution in [2.75, 3.05) is 0 Å². The highest BCUT2D eigenvalue weighted by atomic mass is 35.6. The number of hydrogen-bond acceptors (Lipinski definition) is 2. The molecule has 19 heavy (non-hydrogen) atoms. The number of halogens is 5. The Morgan fingerprint density at radius 2 is 1.95 bits per heavy atom. The van der Waals surface area contributed by atoms with Gasteiger partial charge in [0, 0.05) is 17.0 Å². The molecule has 0 spiro atoms. The highest BCUT2D eigenvalue weighted by Crippen LogP contribution is 2.33. The molecule has 0 aliphatic rings. The van der Waals surface area contributed by atoms with E-state index in [1.165, 1.54) is 18.2 Å². The zero-order valence-corrected chi connectivity index (χ0v) is 13.1. The molecule has 0 saturated carbocycles. The van der Waals surface area contributed by atoms with Crippen molar-refractivity contribution in [1.82, 2.24) is 5.32 Å². The van der Waals surface area contributed by atoms with Crippen LogP contribution in [0, 0.1) is 0 Å². The minimum Gasteiger partial charge on any atom is -0.351 e. The molecule has 1 aromatic carbocycles. The van der Waals surface area contributed by atoms with Crippen molar-refractivity contribution in [3.63, 3.8) is 0 Å². The van der Waals surface area contributed by atoms with Crippen LogP contribution >= 0.6 is 58.0 Å². The molecular formula is C11H8Cl5NO2. The molecule has 0 aromatic heterocycles. The van der Waals surface area contributed by atoms with Crippen LogP contribution in [0.25, 0.3) is 0 Å². The van der Waals surface area contributed by atoms with Crippen molar-refractivity contribution < 1.29 is 9.59 Å². The van der Waals surface area contributed by atoms with Gasteiger partial charge in [-0.05, 0) is 18.2 Å². The number of carbonyl (C=O) groups is 2. The van der Waals surface area contributed by atoms with E-state index >= 15 is 0 Å². The van der Waals surface area contributed by atoms with Crippen LogP contribution in [0.1, 0.15) is 16.8 Å². The highest BCUT2D eigenvalue weighted by molar-refractivity contribution is 6.68. The molecule has 0 heterocycles. The number of rotatable bonds is 5. The average molecular weight is 363 g/mol. The van der Waals surface area contributed by atoms with Gasteiger partial charge in [0.25, 0.3) is 0 Å². The summed E-state index contributed by atoms with van der Waals surface area (Å²) in [6.45, 7) is 0. The van der Waals surface area contributed by atoms with Gasteiger partial charge in [-0.15, -0.1) is 0 Å². The van der Waals surface area contributed by atoms with Crippen molar-refractivity contribution in [3.8, 4) is 0 Å². The van der Waals surface area contributed by atoms with E-state index in [1.54, 1.807) is 0 Å². The molecule has 0 unspecified atom stereocenters. The molecule has 0 aliphatic heterocycles. The summed E-state index contributed by atoms with van der Waals surface area (Å²) >= 11 is 28.7. The van der Waals surface area contributed by atoms with Crippen molar-refractivity contribution >= 4 is 70.2 Å². The maximum atomic E-state index is 12.0. The summed E-state index contributed by atoms with van der Waals surface area (Å²) in [5.74, 6) is -0.368. The van der Waals surface area contributed by atoms with Gasteiger partial charge in [0.15, 0.2) is 5.78 Å². The Morgan fingerprint density at radius 1 is 1.32 bits per heavy atom. The summed E-state index contributed by atoms with van der Waals surface area (Å²) in [5.41, 5.74) is 0.248. The molecule has 3 nitrogen and oxygen atoms in total. The fourth-order valence-corrected chi connectivity index (χ4v) is 2.30. The standard InChI is InChI=1S/C11H8Cl5NO2/c12-6-1-2-7(8(13)3-6)9(19)4-10(17-5-18)11(14,15)16/h1-3,5,10H,4H2,(H,17,18)/t10-/m1/s1. The Kier molecular flexibility index (Phi) is 6.21. The number of alkyl halides is 3. The van der Waals surface area contributed by atoms with Gasteiger partial charge in [-0.2, -0.15) is 0 Å². The van der Waals surface area contributed by atoms with E-state index in [2.05, 4.69) is 5.32 Å². The molecule has 0 bridgehead atoms. The maximum Gasteiger partial charge on any atom is 0.210 e. The predicted octanol–water partition coefficient (Wildman–Crippen LogP) is 4.05. The van der Waals surface area contributed by atoms with Gasteiger partial charge in [0.1, 0.15) is 0 Å². The van der Waals surface area contributed by atoms with E-state index in [4.69, 9.17) is 58.0 Å². The van der Waals surface area contributed by atoms with Crippen LogP contribution in [0.15, 0.2) is 18.2 Å². The Labute approximate surface area is 135 Å². The van der Waals surface area contributed by atoms with E-state index in [0.717, 1.165) is 0 Å². The summed E-state index contributed by atoms with van der Waals surface area (Å²) in [7, 11) is 0. The van der Waals surface area contributed by atoms with Gasteiger partial charge >= 0.3 is 0 Å². The number of amides is 1. The fraction of sp³-hybridized carbons (Fsp3) is 0.273. The third-order valence-electron chi connectivity index (χ3n) is 2.29. The number of Topliss-reactive ketones (excluding diaryl/α,β-unsaturated/α-hetero) is 1. The predicted molar refractivity (Wildman–Crippen MR) is 78.7 cm³/mol.